The van der Waals surface area contributed by atoms with Gasteiger partial charge in [0.2, 0.25) is 0 Å². The van der Waals surface area contributed by atoms with Crippen LogP contribution >= 0.6 is 0 Å². The van der Waals surface area contributed by atoms with Gasteiger partial charge in [-0.15, -0.1) is 0 Å². The maximum Gasteiger partial charge on any atom is 0.114 e. The van der Waals surface area contributed by atoms with E-state index in [1.54, 1.807) is 0 Å². The lowest BCUT2D eigenvalue weighted by atomic mass is 9.70. The first-order valence-corrected chi connectivity index (χ1v) is 19.6. The molecule has 0 fully saturated rings. The van der Waals surface area contributed by atoms with Crippen molar-refractivity contribution in [2.75, 3.05) is 0 Å². The molecule has 1 spiro atoms. The Morgan fingerprint density at radius 1 is 0.446 bits per heavy atom. The molecule has 2 aromatic heterocycles. The summed E-state index contributed by atoms with van der Waals surface area (Å²) < 4.78 is 2.28. The topological polar surface area (TPSA) is 30.7 Å². The third kappa shape index (κ3) is 4.12. The number of aromatic nitrogens is 3. The van der Waals surface area contributed by atoms with E-state index in [0.717, 1.165) is 45.7 Å². The minimum Gasteiger partial charge on any atom is -0.296 e. The summed E-state index contributed by atoms with van der Waals surface area (Å²) in [6.45, 7) is 2.16. The predicted octanol–water partition coefficient (Wildman–Crippen LogP) is 13.0. The summed E-state index contributed by atoms with van der Waals surface area (Å²) in [6.07, 6.45) is 0.869. The normalized spacial score (nSPS) is 13.3. The molecule has 0 unspecified atom stereocenters. The number of fused-ring (bicyclic) bond motifs is 15. The molecular formula is C53H35N3. The molecule has 0 bridgehead atoms. The van der Waals surface area contributed by atoms with E-state index < -0.39 is 5.41 Å². The molecule has 0 amide bonds. The summed E-state index contributed by atoms with van der Waals surface area (Å²) in [7, 11) is 0. The monoisotopic (exact) mass is 713 g/mol. The molecule has 0 saturated heterocycles. The number of nitrogens with zero attached hydrogens (tertiary/aromatic N) is 3. The average molecular weight is 714 g/mol. The molecule has 2 aliphatic carbocycles. The maximum atomic E-state index is 5.39. The largest absolute Gasteiger partial charge is 0.296 e. The molecule has 0 radical (unpaired) electrons. The molecule has 0 atom stereocenters. The Labute approximate surface area is 325 Å². The molecular weight excluding hydrogens is 679 g/mol. The first kappa shape index (κ1) is 31.3. The van der Waals surface area contributed by atoms with Gasteiger partial charge in [-0.25, -0.2) is 9.97 Å². The van der Waals surface area contributed by atoms with E-state index in [2.05, 4.69) is 193 Å². The zero-order valence-corrected chi connectivity index (χ0v) is 30.9. The maximum absolute atomic E-state index is 5.39. The van der Waals surface area contributed by atoms with Crippen molar-refractivity contribution in [3.05, 3.63) is 210 Å². The predicted molar refractivity (Wildman–Crippen MR) is 230 cm³/mol. The van der Waals surface area contributed by atoms with Crippen molar-refractivity contribution >= 4 is 32.7 Å². The minimum absolute atomic E-state index is 0.391. The molecule has 2 aliphatic rings. The highest BCUT2D eigenvalue weighted by molar-refractivity contribution is 6.20. The van der Waals surface area contributed by atoms with Gasteiger partial charge in [0, 0.05) is 33.8 Å². The Morgan fingerprint density at radius 2 is 1.00 bits per heavy atom. The highest BCUT2D eigenvalue weighted by Crippen LogP contribution is 2.64. The second kappa shape index (κ2) is 11.7. The summed E-state index contributed by atoms with van der Waals surface area (Å²) in [6, 6.07) is 66.7. The first-order valence-electron chi connectivity index (χ1n) is 19.6. The lowest BCUT2D eigenvalue weighted by molar-refractivity contribution is 0.794. The fourth-order valence-corrected chi connectivity index (χ4v) is 10.1. The van der Waals surface area contributed by atoms with E-state index in [4.69, 9.17) is 9.97 Å². The Bertz CT molecular complexity index is 3180. The molecule has 0 aliphatic heterocycles. The average Bonchev–Trinajstić information content (AvgIpc) is 3.90. The van der Waals surface area contributed by atoms with Crippen molar-refractivity contribution in [2.24, 2.45) is 0 Å². The van der Waals surface area contributed by atoms with Crippen LogP contribution in [0, 0.1) is 0 Å². The number of aryl methyl sites for hydroxylation is 1. The summed E-state index contributed by atoms with van der Waals surface area (Å²) in [5, 5.41) is 3.63. The highest BCUT2D eigenvalue weighted by Gasteiger charge is 2.52. The van der Waals surface area contributed by atoms with Crippen molar-refractivity contribution < 1.29 is 0 Å². The van der Waals surface area contributed by atoms with Crippen LogP contribution in [0.1, 0.15) is 35.0 Å². The molecule has 3 nitrogen and oxygen atoms in total. The van der Waals surface area contributed by atoms with Gasteiger partial charge in [-0.1, -0.05) is 159 Å². The molecule has 8 aromatic carbocycles. The molecule has 56 heavy (non-hydrogen) atoms. The molecule has 10 aromatic rings. The standard InChI is InChI=1S/C53H35N3/c1-2-49-54-47-21-11-12-22-48(47)56(49)36-29-27-34(28-30-36)33-23-25-35(26-24-33)52-41-31-32-45-51(50(41)40-16-6-10-20-46(40)55-52)39-15-5-9-19-44(39)53(45)42-17-7-3-13-37(42)38-14-4-8-18-43(38)53/h3-32H,2H2,1H3. The Hall–Kier alpha value is -7.10. The van der Waals surface area contributed by atoms with E-state index in [1.807, 2.05) is 0 Å². The number of para-hydroxylation sites is 3. The van der Waals surface area contributed by atoms with Gasteiger partial charge < -0.3 is 0 Å². The van der Waals surface area contributed by atoms with Crippen molar-refractivity contribution in [1.82, 2.24) is 14.5 Å². The van der Waals surface area contributed by atoms with Crippen LogP contribution in [0.5, 0.6) is 0 Å². The van der Waals surface area contributed by atoms with E-state index in [0.29, 0.717) is 0 Å². The molecule has 0 saturated carbocycles. The molecule has 0 N–H and O–H groups in total. The quantitative estimate of drug-likeness (QED) is 0.170. The number of rotatable bonds is 4. The number of hydrogen-bond donors (Lipinski definition) is 0. The number of pyridine rings is 1. The van der Waals surface area contributed by atoms with Crippen LogP contribution in [-0.4, -0.2) is 14.5 Å². The van der Waals surface area contributed by atoms with Crippen LogP contribution in [0.3, 0.4) is 0 Å². The minimum atomic E-state index is -0.391. The van der Waals surface area contributed by atoms with Gasteiger partial charge in [0.15, 0.2) is 0 Å². The SMILES string of the molecule is CCc1nc2ccccc2n1-c1ccc(-c2ccc(-c3nc4ccccc4c4c5c(ccc34)C3(c4ccccc4-c4ccccc43)c3ccccc3-5)cc2)cc1. The van der Waals surface area contributed by atoms with Gasteiger partial charge in [-0.2, -0.15) is 0 Å². The van der Waals surface area contributed by atoms with E-state index >= 15 is 0 Å². The summed E-state index contributed by atoms with van der Waals surface area (Å²) in [5.41, 5.74) is 19.1. The zero-order chi connectivity index (χ0) is 37.0. The number of benzene rings is 8. The zero-order valence-electron chi connectivity index (χ0n) is 30.9. The second-order valence-electron chi connectivity index (χ2n) is 15.1. The van der Waals surface area contributed by atoms with Gasteiger partial charge in [0.1, 0.15) is 5.82 Å². The van der Waals surface area contributed by atoms with E-state index in [1.165, 1.54) is 71.8 Å². The van der Waals surface area contributed by atoms with Crippen molar-refractivity contribution in [3.63, 3.8) is 0 Å². The van der Waals surface area contributed by atoms with Crippen LogP contribution in [-0.2, 0) is 11.8 Å². The Kier molecular flexibility index (Phi) is 6.53. The third-order valence-electron chi connectivity index (χ3n) is 12.4. The number of hydrogen-bond acceptors (Lipinski definition) is 2. The molecule has 262 valence electrons. The fraction of sp³-hybridized carbons (Fsp3) is 0.0566. The molecule has 2 heterocycles. The van der Waals surface area contributed by atoms with Crippen molar-refractivity contribution in [1.29, 1.82) is 0 Å². The van der Waals surface area contributed by atoms with Crippen LogP contribution < -0.4 is 0 Å². The number of imidazole rings is 1. The second-order valence-corrected chi connectivity index (χ2v) is 15.1. The van der Waals surface area contributed by atoms with Gasteiger partial charge in [0.05, 0.1) is 27.7 Å². The van der Waals surface area contributed by atoms with Crippen LogP contribution in [0.15, 0.2) is 182 Å². The van der Waals surface area contributed by atoms with E-state index in [-0.39, 0.29) is 0 Å². The van der Waals surface area contributed by atoms with Gasteiger partial charge in [0.25, 0.3) is 0 Å². The van der Waals surface area contributed by atoms with Gasteiger partial charge in [-0.3, -0.25) is 4.57 Å². The summed E-state index contributed by atoms with van der Waals surface area (Å²) in [5.74, 6) is 1.07. The van der Waals surface area contributed by atoms with Gasteiger partial charge in [-0.05, 0) is 86.0 Å². The van der Waals surface area contributed by atoms with Crippen LogP contribution in [0.4, 0.5) is 0 Å². The fourth-order valence-electron chi connectivity index (χ4n) is 10.1. The lowest BCUT2D eigenvalue weighted by Gasteiger charge is -2.30. The highest BCUT2D eigenvalue weighted by atomic mass is 15.1. The summed E-state index contributed by atoms with van der Waals surface area (Å²) in [4.78, 5) is 10.3. The first-order chi connectivity index (χ1) is 27.7. The van der Waals surface area contributed by atoms with Crippen LogP contribution in [0.2, 0.25) is 0 Å². The van der Waals surface area contributed by atoms with Gasteiger partial charge >= 0.3 is 0 Å². The molecule has 3 heteroatoms. The smallest absolute Gasteiger partial charge is 0.114 e. The third-order valence-corrected chi connectivity index (χ3v) is 12.4. The van der Waals surface area contributed by atoms with E-state index in [9.17, 15) is 0 Å². The van der Waals surface area contributed by atoms with Crippen molar-refractivity contribution in [2.45, 2.75) is 18.8 Å². The lowest BCUT2D eigenvalue weighted by Crippen LogP contribution is -2.25. The Morgan fingerprint density at radius 3 is 1.70 bits per heavy atom. The summed E-state index contributed by atoms with van der Waals surface area (Å²) >= 11 is 0. The Balaban J connectivity index is 1.02. The molecule has 12 rings (SSSR count). The van der Waals surface area contributed by atoms with Crippen molar-refractivity contribution in [3.8, 4) is 50.3 Å². The van der Waals surface area contributed by atoms with Crippen LogP contribution in [0.25, 0.3) is 83.0 Å².